The largest absolute Gasteiger partial charge is 0.490 e. The number of benzene rings is 2. The number of oxazole rings is 1. The minimum Gasteiger partial charge on any atom is -0.490 e. The quantitative estimate of drug-likeness (QED) is 0.599. The number of amides is 1. The van der Waals surface area contributed by atoms with Crippen molar-refractivity contribution in [3.63, 3.8) is 0 Å². The Kier molecular flexibility index (Phi) is 5.27. The topological polar surface area (TPSA) is 55.6 Å². The number of rotatable bonds is 4. The van der Waals surface area contributed by atoms with E-state index < -0.39 is 0 Å². The number of likely N-dealkylation sites (tertiary alicyclic amines) is 1. The first-order valence-electron chi connectivity index (χ1n) is 9.62. The van der Waals surface area contributed by atoms with Crippen LogP contribution in [0.15, 0.2) is 46.9 Å². The van der Waals surface area contributed by atoms with E-state index in [0.717, 1.165) is 29.8 Å². The molecule has 3 aromatic rings. The molecule has 0 bridgehead atoms. The first-order valence-corrected chi connectivity index (χ1v) is 10.00. The summed E-state index contributed by atoms with van der Waals surface area (Å²) in [5.74, 6) is 1.52. The number of nitrogens with zero attached hydrogens (tertiary/aromatic N) is 2. The Morgan fingerprint density at radius 1 is 1.21 bits per heavy atom. The van der Waals surface area contributed by atoms with Gasteiger partial charge in [0.15, 0.2) is 11.5 Å². The highest BCUT2D eigenvalue weighted by molar-refractivity contribution is 6.31. The van der Waals surface area contributed by atoms with Crippen LogP contribution < -0.4 is 4.74 Å². The molecule has 0 radical (unpaired) electrons. The summed E-state index contributed by atoms with van der Waals surface area (Å²) in [7, 11) is 0. The molecule has 2 heterocycles. The van der Waals surface area contributed by atoms with Gasteiger partial charge in [0.2, 0.25) is 0 Å². The minimum atomic E-state index is -0.0471. The highest BCUT2D eigenvalue weighted by atomic mass is 35.5. The van der Waals surface area contributed by atoms with Crippen LogP contribution in [0.4, 0.5) is 0 Å². The fourth-order valence-electron chi connectivity index (χ4n) is 3.59. The number of carbonyl (C=O) groups is 1. The summed E-state index contributed by atoms with van der Waals surface area (Å²) in [5, 5.41) is 0.529. The smallest absolute Gasteiger partial charge is 0.257 e. The Morgan fingerprint density at radius 2 is 1.96 bits per heavy atom. The highest BCUT2D eigenvalue weighted by Crippen LogP contribution is 2.32. The maximum atomic E-state index is 13.1. The maximum absolute atomic E-state index is 13.1. The third kappa shape index (κ3) is 3.85. The number of ether oxygens (including phenoxy) is 1. The fraction of sp³-hybridized carbons (Fsp3) is 0.364. The lowest BCUT2D eigenvalue weighted by atomic mass is 9.96. The second-order valence-corrected chi connectivity index (χ2v) is 7.83. The summed E-state index contributed by atoms with van der Waals surface area (Å²) in [5.41, 5.74) is 2.21. The van der Waals surface area contributed by atoms with E-state index in [1.165, 1.54) is 0 Å². The predicted octanol–water partition coefficient (Wildman–Crippen LogP) is 5.29. The van der Waals surface area contributed by atoms with Crippen LogP contribution in [0.2, 0.25) is 5.02 Å². The van der Waals surface area contributed by atoms with Gasteiger partial charge < -0.3 is 14.1 Å². The van der Waals surface area contributed by atoms with E-state index in [-0.39, 0.29) is 17.9 Å². The molecule has 1 aliphatic rings. The fourth-order valence-corrected chi connectivity index (χ4v) is 3.76. The summed E-state index contributed by atoms with van der Waals surface area (Å²) >= 11 is 6.13. The van der Waals surface area contributed by atoms with E-state index >= 15 is 0 Å². The van der Waals surface area contributed by atoms with Gasteiger partial charge in [0.25, 0.3) is 5.91 Å². The molecule has 5 nitrogen and oxygen atoms in total. The normalized spacial score (nSPS) is 15.4. The van der Waals surface area contributed by atoms with Crippen LogP contribution in [0.25, 0.3) is 11.1 Å². The molecule has 6 heteroatoms. The zero-order valence-corrected chi connectivity index (χ0v) is 16.8. The van der Waals surface area contributed by atoms with Gasteiger partial charge in [-0.15, -0.1) is 0 Å². The summed E-state index contributed by atoms with van der Waals surface area (Å²) in [6, 6.07) is 13.0. The van der Waals surface area contributed by atoms with Crippen molar-refractivity contribution < 1.29 is 13.9 Å². The molecule has 0 N–H and O–H groups in total. The standard InChI is InChI=1S/C22H23ClN2O3/c1-14(2)27-19-8-7-16(23)13-17(19)22(26)25-11-9-15(10-12-25)21-24-18-5-3-4-6-20(18)28-21/h3-8,13-15H,9-12H2,1-2H3. The number of halogens is 1. The molecule has 0 aliphatic carbocycles. The predicted molar refractivity (Wildman–Crippen MR) is 109 cm³/mol. The van der Waals surface area contributed by atoms with Gasteiger partial charge in [-0.25, -0.2) is 4.98 Å². The third-order valence-corrected chi connectivity index (χ3v) is 5.21. The van der Waals surface area contributed by atoms with Crippen molar-refractivity contribution in [1.29, 1.82) is 0 Å². The summed E-state index contributed by atoms with van der Waals surface area (Å²) in [6.07, 6.45) is 1.62. The van der Waals surface area contributed by atoms with E-state index in [0.29, 0.717) is 29.4 Å². The van der Waals surface area contributed by atoms with Crippen LogP contribution in [0.1, 0.15) is 48.9 Å². The van der Waals surface area contributed by atoms with Gasteiger partial charge in [-0.05, 0) is 57.0 Å². The molecular weight excluding hydrogens is 376 g/mol. The summed E-state index contributed by atoms with van der Waals surface area (Å²) in [4.78, 5) is 19.6. The average molecular weight is 399 g/mol. The SMILES string of the molecule is CC(C)Oc1ccc(Cl)cc1C(=O)N1CCC(c2nc3ccccc3o2)CC1. The molecule has 28 heavy (non-hydrogen) atoms. The molecule has 1 saturated heterocycles. The van der Waals surface area contributed by atoms with Gasteiger partial charge in [-0.3, -0.25) is 4.79 Å². The van der Waals surface area contributed by atoms with Crippen molar-refractivity contribution in [2.75, 3.05) is 13.1 Å². The molecule has 1 aromatic heterocycles. The Bertz CT molecular complexity index is 957. The van der Waals surface area contributed by atoms with Crippen molar-refractivity contribution in [1.82, 2.24) is 9.88 Å². The van der Waals surface area contributed by atoms with Gasteiger partial charge >= 0.3 is 0 Å². The molecular formula is C22H23ClN2O3. The van der Waals surface area contributed by atoms with Gasteiger partial charge in [0, 0.05) is 24.0 Å². The first kappa shape index (κ1) is 18.8. The van der Waals surface area contributed by atoms with Crippen molar-refractivity contribution in [3.05, 3.63) is 58.9 Å². The lowest BCUT2D eigenvalue weighted by Crippen LogP contribution is -2.38. The highest BCUT2D eigenvalue weighted by Gasteiger charge is 2.29. The Hall–Kier alpha value is -2.53. The van der Waals surface area contributed by atoms with Crippen LogP contribution in [-0.2, 0) is 0 Å². The zero-order valence-electron chi connectivity index (χ0n) is 16.0. The summed E-state index contributed by atoms with van der Waals surface area (Å²) in [6.45, 7) is 5.18. The maximum Gasteiger partial charge on any atom is 0.257 e. The average Bonchev–Trinajstić information content (AvgIpc) is 3.13. The zero-order chi connectivity index (χ0) is 19.7. The van der Waals surface area contributed by atoms with Crippen LogP contribution in [0.3, 0.4) is 0 Å². The van der Waals surface area contributed by atoms with Crippen LogP contribution in [0.5, 0.6) is 5.75 Å². The monoisotopic (exact) mass is 398 g/mol. The van der Waals surface area contributed by atoms with Crippen molar-refractivity contribution >= 4 is 28.6 Å². The van der Waals surface area contributed by atoms with E-state index in [9.17, 15) is 4.79 Å². The molecule has 1 aliphatic heterocycles. The number of fused-ring (bicyclic) bond motifs is 1. The van der Waals surface area contributed by atoms with E-state index in [1.54, 1.807) is 18.2 Å². The van der Waals surface area contributed by atoms with Crippen molar-refractivity contribution in [2.45, 2.75) is 38.7 Å². The van der Waals surface area contributed by atoms with Crippen LogP contribution in [0, 0.1) is 0 Å². The van der Waals surface area contributed by atoms with E-state index in [4.69, 9.17) is 20.8 Å². The molecule has 4 rings (SSSR count). The molecule has 0 saturated carbocycles. The molecule has 0 spiro atoms. The van der Waals surface area contributed by atoms with Gasteiger partial charge in [0.05, 0.1) is 11.7 Å². The van der Waals surface area contributed by atoms with Crippen molar-refractivity contribution in [3.8, 4) is 5.75 Å². The second kappa shape index (κ2) is 7.84. The van der Waals surface area contributed by atoms with E-state index in [2.05, 4.69) is 4.98 Å². The second-order valence-electron chi connectivity index (χ2n) is 7.39. The number of carbonyl (C=O) groups excluding carboxylic acids is 1. The Morgan fingerprint density at radius 3 is 2.68 bits per heavy atom. The molecule has 0 unspecified atom stereocenters. The molecule has 0 atom stereocenters. The number of hydrogen-bond donors (Lipinski definition) is 0. The van der Waals surface area contributed by atoms with Gasteiger partial charge in [0.1, 0.15) is 11.3 Å². The Labute approximate surface area is 169 Å². The van der Waals surface area contributed by atoms with Crippen LogP contribution >= 0.6 is 11.6 Å². The lowest BCUT2D eigenvalue weighted by Gasteiger charge is -2.31. The lowest BCUT2D eigenvalue weighted by molar-refractivity contribution is 0.0700. The number of hydrogen-bond acceptors (Lipinski definition) is 4. The third-order valence-electron chi connectivity index (χ3n) is 4.98. The van der Waals surface area contributed by atoms with E-state index in [1.807, 2.05) is 43.0 Å². The number of para-hydroxylation sites is 2. The minimum absolute atomic E-state index is 0.0161. The molecule has 146 valence electrons. The first-order chi connectivity index (χ1) is 13.5. The number of piperidine rings is 1. The molecule has 1 fully saturated rings. The van der Waals surface area contributed by atoms with Crippen molar-refractivity contribution in [2.24, 2.45) is 0 Å². The number of aromatic nitrogens is 1. The Balaban J connectivity index is 1.47. The molecule has 2 aromatic carbocycles. The summed E-state index contributed by atoms with van der Waals surface area (Å²) < 4.78 is 11.7. The molecule has 1 amide bonds. The van der Waals surface area contributed by atoms with Gasteiger partial charge in [-0.1, -0.05) is 23.7 Å². The van der Waals surface area contributed by atoms with Crippen LogP contribution in [-0.4, -0.2) is 35.0 Å². The van der Waals surface area contributed by atoms with Gasteiger partial charge in [-0.2, -0.15) is 0 Å².